The van der Waals surface area contributed by atoms with Crippen LogP contribution >= 0.6 is 0 Å². The molecule has 2 aliphatic heterocycles. The van der Waals surface area contributed by atoms with Crippen molar-refractivity contribution in [1.82, 2.24) is 0 Å². The van der Waals surface area contributed by atoms with Gasteiger partial charge >= 0.3 is 11.9 Å². The van der Waals surface area contributed by atoms with Crippen molar-refractivity contribution in [3.8, 4) is 12.3 Å². The highest BCUT2D eigenvalue weighted by Crippen LogP contribution is 2.50. The van der Waals surface area contributed by atoms with Gasteiger partial charge in [0, 0.05) is 0 Å². The third-order valence-electron chi connectivity index (χ3n) is 5.07. The van der Waals surface area contributed by atoms with Gasteiger partial charge in [-0.25, -0.2) is 9.59 Å². The number of benzene rings is 2. The topological polar surface area (TPSA) is 74.4 Å². The minimum atomic E-state index is -1.14. The molecule has 0 aromatic heterocycles. The molecule has 2 aromatic rings. The van der Waals surface area contributed by atoms with Crippen LogP contribution in [0.15, 0.2) is 48.5 Å². The third kappa shape index (κ3) is 3.63. The number of terminal acetylenes is 1. The average molecular weight is 392 g/mol. The van der Waals surface area contributed by atoms with Crippen molar-refractivity contribution in [2.24, 2.45) is 0 Å². The second-order valence-electron chi connectivity index (χ2n) is 7.22. The number of hydrogen-bond acceptors (Lipinski definition) is 6. The maximum absolute atomic E-state index is 12.6. The van der Waals surface area contributed by atoms with Crippen LogP contribution in [0, 0.1) is 26.2 Å². The van der Waals surface area contributed by atoms with Crippen LogP contribution in [-0.2, 0) is 18.9 Å². The second-order valence-corrected chi connectivity index (χ2v) is 7.22. The lowest BCUT2D eigenvalue weighted by Gasteiger charge is -2.23. The minimum Gasteiger partial charge on any atom is -0.459 e. The standard InChI is InChI=1S/C23H20O6/c1-4-23-19(28-21(25)17-11-7-15(3)8-12-17)18(27-22(23)29-23)13-26-20(24)16-9-5-14(2)6-10-16/h1,5-12,18-19,22H,13H2,2-3H3/t18-,19-,22+,23-/m1/s1. The van der Waals surface area contributed by atoms with Crippen LogP contribution in [-0.4, -0.2) is 42.6 Å². The molecule has 0 saturated carbocycles. The number of ether oxygens (including phenoxy) is 4. The molecule has 0 N–H and O–H groups in total. The van der Waals surface area contributed by atoms with Crippen molar-refractivity contribution in [1.29, 1.82) is 0 Å². The van der Waals surface area contributed by atoms with E-state index in [1.165, 1.54) is 0 Å². The van der Waals surface area contributed by atoms with Crippen molar-refractivity contribution in [3.63, 3.8) is 0 Å². The quantitative estimate of drug-likeness (QED) is 0.443. The van der Waals surface area contributed by atoms with E-state index in [0.717, 1.165) is 11.1 Å². The van der Waals surface area contributed by atoms with Gasteiger partial charge in [-0.05, 0) is 38.1 Å². The van der Waals surface area contributed by atoms with E-state index in [4.69, 9.17) is 25.4 Å². The Bertz CT molecular complexity index is 972. The number of esters is 2. The summed E-state index contributed by atoms with van der Waals surface area (Å²) in [6, 6.07) is 14.0. The van der Waals surface area contributed by atoms with Crippen LogP contribution in [0.25, 0.3) is 0 Å². The van der Waals surface area contributed by atoms with E-state index in [9.17, 15) is 9.59 Å². The summed E-state index contributed by atoms with van der Waals surface area (Å²) in [5.41, 5.74) is 1.74. The molecule has 6 heteroatoms. The molecule has 0 amide bonds. The molecule has 2 heterocycles. The van der Waals surface area contributed by atoms with Crippen molar-refractivity contribution >= 4 is 11.9 Å². The SMILES string of the molecule is C#C[C@]12O[C@@H]1O[C@H](COC(=O)c1ccc(C)cc1)[C@H]2OC(=O)c1ccc(C)cc1. The molecule has 2 saturated heterocycles. The van der Waals surface area contributed by atoms with Gasteiger partial charge in [0.25, 0.3) is 0 Å². The van der Waals surface area contributed by atoms with E-state index in [1.807, 2.05) is 38.1 Å². The molecule has 148 valence electrons. The maximum Gasteiger partial charge on any atom is 0.338 e. The number of aryl methyl sites for hydroxylation is 2. The number of hydrogen-bond donors (Lipinski definition) is 0. The molecule has 4 rings (SSSR count). The Morgan fingerprint density at radius 3 is 2.10 bits per heavy atom. The molecule has 6 nitrogen and oxygen atoms in total. The first-order valence-corrected chi connectivity index (χ1v) is 9.25. The summed E-state index contributed by atoms with van der Waals surface area (Å²) in [6.45, 7) is 3.75. The molecule has 2 fully saturated rings. The largest absolute Gasteiger partial charge is 0.459 e. The molecule has 4 atom stereocenters. The zero-order valence-corrected chi connectivity index (χ0v) is 16.1. The Kier molecular flexibility index (Phi) is 4.87. The van der Waals surface area contributed by atoms with Crippen LogP contribution in [0.3, 0.4) is 0 Å². The summed E-state index contributed by atoms with van der Waals surface area (Å²) in [4.78, 5) is 24.8. The Hall–Kier alpha value is -3.14. The molecule has 2 aliphatic rings. The van der Waals surface area contributed by atoms with Crippen molar-refractivity contribution in [3.05, 3.63) is 70.8 Å². The van der Waals surface area contributed by atoms with Crippen LogP contribution < -0.4 is 0 Å². The molecule has 0 spiro atoms. The van der Waals surface area contributed by atoms with E-state index in [-0.39, 0.29) is 6.61 Å². The summed E-state index contributed by atoms with van der Waals surface area (Å²) < 4.78 is 22.1. The van der Waals surface area contributed by atoms with Gasteiger partial charge in [0.2, 0.25) is 11.9 Å². The summed E-state index contributed by atoms with van der Waals surface area (Å²) in [5, 5.41) is 0. The van der Waals surface area contributed by atoms with Crippen LogP contribution in [0.4, 0.5) is 0 Å². The zero-order valence-electron chi connectivity index (χ0n) is 16.1. The number of epoxide rings is 1. The van der Waals surface area contributed by atoms with Gasteiger partial charge in [0.1, 0.15) is 12.7 Å². The average Bonchev–Trinajstić information content (AvgIpc) is 3.36. The van der Waals surface area contributed by atoms with Crippen LogP contribution in [0.5, 0.6) is 0 Å². The highest BCUT2D eigenvalue weighted by molar-refractivity contribution is 5.90. The van der Waals surface area contributed by atoms with Crippen molar-refractivity contribution in [2.75, 3.05) is 6.61 Å². The van der Waals surface area contributed by atoms with E-state index < -0.39 is 36.0 Å². The van der Waals surface area contributed by atoms with E-state index in [0.29, 0.717) is 11.1 Å². The first kappa shape index (κ1) is 19.2. The van der Waals surface area contributed by atoms with Gasteiger partial charge in [-0.3, -0.25) is 0 Å². The molecular formula is C23H20O6. The smallest absolute Gasteiger partial charge is 0.338 e. The lowest BCUT2D eigenvalue weighted by molar-refractivity contribution is -0.101. The normalized spacial score (nSPS) is 26.9. The summed E-state index contributed by atoms with van der Waals surface area (Å²) in [7, 11) is 0. The van der Waals surface area contributed by atoms with Gasteiger partial charge in [-0.1, -0.05) is 41.3 Å². The van der Waals surface area contributed by atoms with E-state index in [1.54, 1.807) is 24.3 Å². The highest BCUT2D eigenvalue weighted by atomic mass is 16.8. The van der Waals surface area contributed by atoms with Gasteiger partial charge in [0.15, 0.2) is 6.10 Å². The fourth-order valence-electron chi connectivity index (χ4n) is 3.26. The molecule has 0 bridgehead atoms. The van der Waals surface area contributed by atoms with Gasteiger partial charge in [0.05, 0.1) is 11.1 Å². The number of carbonyl (C=O) groups is 2. The molecule has 0 aliphatic carbocycles. The van der Waals surface area contributed by atoms with Crippen molar-refractivity contribution in [2.45, 2.75) is 37.9 Å². The van der Waals surface area contributed by atoms with Crippen molar-refractivity contribution < 1.29 is 28.5 Å². The van der Waals surface area contributed by atoms with Gasteiger partial charge in [-0.15, -0.1) is 6.42 Å². The van der Waals surface area contributed by atoms with Crippen LogP contribution in [0.1, 0.15) is 31.8 Å². The van der Waals surface area contributed by atoms with Gasteiger partial charge in [-0.2, -0.15) is 0 Å². The summed E-state index contributed by atoms with van der Waals surface area (Å²) in [6.07, 6.45) is 3.34. The Labute approximate surface area is 168 Å². The van der Waals surface area contributed by atoms with E-state index in [2.05, 4.69) is 5.92 Å². The van der Waals surface area contributed by atoms with Gasteiger partial charge < -0.3 is 18.9 Å². The highest BCUT2D eigenvalue weighted by Gasteiger charge is 2.73. The Balaban J connectivity index is 1.44. The summed E-state index contributed by atoms with van der Waals surface area (Å²) >= 11 is 0. The Morgan fingerprint density at radius 2 is 1.55 bits per heavy atom. The molecule has 0 radical (unpaired) electrons. The Morgan fingerprint density at radius 1 is 1.00 bits per heavy atom. The lowest BCUT2D eigenvalue weighted by atomic mass is 10.0. The molecule has 29 heavy (non-hydrogen) atoms. The fraction of sp³-hybridized carbons (Fsp3) is 0.304. The zero-order chi connectivity index (χ0) is 20.6. The molecule has 0 unspecified atom stereocenters. The number of carbonyl (C=O) groups excluding carboxylic acids is 2. The first-order chi connectivity index (χ1) is 13.9. The summed E-state index contributed by atoms with van der Waals surface area (Å²) in [5.74, 6) is 1.49. The second kappa shape index (κ2) is 7.36. The minimum absolute atomic E-state index is 0.109. The first-order valence-electron chi connectivity index (χ1n) is 9.25. The van der Waals surface area contributed by atoms with E-state index >= 15 is 0 Å². The maximum atomic E-state index is 12.6. The predicted molar refractivity (Wildman–Crippen MR) is 103 cm³/mol. The number of rotatable bonds is 5. The number of fused-ring (bicyclic) bond motifs is 1. The molecule has 2 aromatic carbocycles. The third-order valence-corrected chi connectivity index (χ3v) is 5.07. The fourth-order valence-corrected chi connectivity index (χ4v) is 3.26. The van der Waals surface area contributed by atoms with Crippen LogP contribution in [0.2, 0.25) is 0 Å². The monoisotopic (exact) mass is 392 g/mol. The predicted octanol–water partition coefficient (Wildman–Crippen LogP) is 2.81. The lowest BCUT2D eigenvalue weighted by Crippen LogP contribution is -2.42. The molecular weight excluding hydrogens is 372 g/mol.